The van der Waals surface area contributed by atoms with Crippen molar-refractivity contribution in [1.82, 2.24) is 5.32 Å². The fourth-order valence-electron chi connectivity index (χ4n) is 3.30. The minimum absolute atomic E-state index is 0.465. The average molecular weight is 290 g/mol. The predicted octanol–water partition coefficient (Wildman–Crippen LogP) is 1.92. The molecule has 1 heterocycles. The molecular formula is C17H26N2O2. The summed E-state index contributed by atoms with van der Waals surface area (Å²) in [6, 6.07) is 8.73. The lowest BCUT2D eigenvalue weighted by Crippen LogP contribution is -2.37. The van der Waals surface area contributed by atoms with Crippen LogP contribution in [0, 0.1) is 0 Å². The zero-order chi connectivity index (χ0) is 14.5. The van der Waals surface area contributed by atoms with Crippen molar-refractivity contribution in [1.29, 1.82) is 0 Å². The van der Waals surface area contributed by atoms with Crippen LogP contribution >= 0.6 is 0 Å². The molecule has 3 rings (SSSR count). The molecule has 0 atom stereocenters. The third kappa shape index (κ3) is 3.96. The molecule has 116 valence electrons. The van der Waals surface area contributed by atoms with Crippen LogP contribution in [0.4, 0.5) is 5.69 Å². The number of nitrogens with one attached hydrogen (secondary N) is 1. The lowest BCUT2D eigenvalue weighted by Gasteiger charge is -2.29. The molecule has 0 unspecified atom stereocenters. The molecule has 4 nitrogen and oxygen atoms in total. The van der Waals surface area contributed by atoms with E-state index in [0.717, 1.165) is 58.5 Å². The molecule has 1 aromatic rings. The summed E-state index contributed by atoms with van der Waals surface area (Å²) in [4.78, 5) is 2.36. The first-order valence-corrected chi connectivity index (χ1v) is 8.10. The predicted molar refractivity (Wildman–Crippen MR) is 84.6 cm³/mol. The van der Waals surface area contributed by atoms with Crippen LogP contribution in [0.2, 0.25) is 0 Å². The van der Waals surface area contributed by atoms with Crippen molar-refractivity contribution in [2.75, 3.05) is 37.7 Å². The number of anilines is 1. The molecule has 2 fully saturated rings. The molecule has 0 bridgehead atoms. The standard InChI is InChI=1S/C17H26N2O2/c20-17(7-1-2-8-17)14-18-13-15-3-5-16(6-4-15)19-9-11-21-12-10-19/h3-6,18,20H,1-2,7-14H2. The number of ether oxygens (including phenoxy) is 1. The maximum atomic E-state index is 10.3. The smallest absolute Gasteiger partial charge is 0.0771 e. The molecule has 1 saturated carbocycles. The zero-order valence-corrected chi connectivity index (χ0v) is 12.7. The third-order valence-corrected chi connectivity index (χ3v) is 4.63. The number of rotatable bonds is 5. The van der Waals surface area contributed by atoms with E-state index in [0.29, 0.717) is 6.54 Å². The molecule has 1 aliphatic carbocycles. The highest BCUT2D eigenvalue weighted by Crippen LogP contribution is 2.28. The van der Waals surface area contributed by atoms with Crippen molar-refractivity contribution >= 4 is 5.69 Å². The summed E-state index contributed by atoms with van der Waals surface area (Å²) in [7, 11) is 0. The summed E-state index contributed by atoms with van der Waals surface area (Å²) >= 11 is 0. The molecule has 1 aromatic carbocycles. The quantitative estimate of drug-likeness (QED) is 0.869. The Bertz CT molecular complexity index is 435. The Labute approximate surface area is 127 Å². The van der Waals surface area contributed by atoms with E-state index < -0.39 is 5.60 Å². The van der Waals surface area contributed by atoms with Crippen molar-refractivity contribution in [3.63, 3.8) is 0 Å². The second kappa shape index (κ2) is 6.77. The largest absolute Gasteiger partial charge is 0.389 e. The zero-order valence-electron chi connectivity index (χ0n) is 12.7. The van der Waals surface area contributed by atoms with Crippen molar-refractivity contribution < 1.29 is 9.84 Å². The van der Waals surface area contributed by atoms with E-state index in [2.05, 4.69) is 34.5 Å². The second-order valence-corrected chi connectivity index (χ2v) is 6.30. The van der Waals surface area contributed by atoms with Gasteiger partial charge in [0.15, 0.2) is 0 Å². The van der Waals surface area contributed by atoms with Gasteiger partial charge in [-0.15, -0.1) is 0 Å². The van der Waals surface area contributed by atoms with Gasteiger partial charge in [-0.25, -0.2) is 0 Å². The fourth-order valence-corrected chi connectivity index (χ4v) is 3.30. The SMILES string of the molecule is OC1(CNCc2ccc(N3CCOCC3)cc2)CCCC1. The van der Waals surface area contributed by atoms with Crippen molar-refractivity contribution in [2.24, 2.45) is 0 Å². The monoisotopic (exact) mass is 290 g/mol. The van der Waals surface area contributed by atoms with Crippen LogP contribution in [-0.4, -0.2) is 43.6 Å². The van der Waals surface area contributed by atoms with E-state index in [1.807, 2.05) is 0 Å². The number of morpholine rings is 1. The maximum Gasteiger partial charge on any atom is 0.0771 e. The van der Waals surface area contributed by atoms with E-state index in [1.54, 1.807) is 0 Å². The molecule has 0 spiro atoms. The first-order valence-electron chi connectivity index (χ1n) is 8.10. The highest BCUT2D eigenvalue weighted by molar-refractivity contribution is 5.47. The molecular weight excluding hydrogens is 264 g/mol. The van der Waals surface area contributed by atoms with E-state index in [1.165, 1.54) is 11.3 Å². The van der Waals surface area contributed by atoms with Gasteiger partial charge in [0.25, 0.3) is 0 Å². The van der Waals surface area contributed by atoms with E-state index in [-0.39, 0.29) is 0 Å². The normalized spacial score (nSPS) is 21.7. The number of benzene rings is 1. The molecule has 0 aromatic heterocycles. The summed E-state index contributed by atoms with van der Waals surface area (Å²) in [5.74, 6) is 0. The van der Waals surface area contributed by atoms with E-state index >= 15 is 0 Å². The van der Waals surface area contributed by atoms with Gasteiger partial charge in [-0.2, -0.15) is 0 Å². The molecule has 0 radical (unpaired) electrons. The Hall–Kier alpha value is -1.10. The lowest BCUT2D eigenvalue weighted by molar-refractivity contribution is 0.0475. The Balaban J connectivity index is 1.47. The van der Waals surface area contributed by atoms with Crippen LogP contribution in [-0.2, 0) is 11.3 Å². The van der Waals surface area contributed by atoms with Gasteiger partial charge in [0, 0.05) is 31.9 Å². The van der Waals surface area contributed by atoms with Gasteiger partial charge in [0.1, 0.15) is 0 Å². The van der Waals surface area contributed by atoms with Gasteiger partial charge in [0.2, 0.25) is 0 Å². The molecule has 0 amide bonds. The van der Waals surface area contributed by atoms with Crippen LogP contribution in [0.3, 0.4) is 0 Å². The molecule has 1 aliphatic heterocycles. The summed E-state index contributed by atoms with van der Waals surface area (Å²) in [6.07, 6.45) is 4.20. The van der Waals surface area contributed by atoms with Gasteiger partial charge >= 0.3 is 0 Å². The highest BCUT2D eigenvalue weighted by Gasteiger charge is 2.30. The van der Waals surface area contributed by atoms with Gasteiger partial charge in [-0.05, 0) is 30.5 Å². The minimum atomic E-state index is -0.465. The van der Waals surface area contributed by atoms with Gasteiger partial charge in [0.05, 0.1) is 18.8 Å². The topological polar surface area (TPSA) is 44.7 Å². The lowest BCUT2D eigenvalue weighted by atomic mass is 10.0. The van der Waals surface area contributed by atoms with Gasteiger partial charge in [-0.3, -0.25) is 0 Å². The highest BCUT2D eigenvalue weighted by atomic mass is 16.5. The van der Waals surface area contributed by atoms with Gasteiger partial charge in [-0.1, -0.05) is 25.0 Å². The minimum Gasteiger partial charge on any atom is -0.389 e. The second-order valence-electron chi connectivity index (χ2n) is 6.30. The number of hydrogen-bond acceptors (Lipinski definition) is 4. The van der Waals surface area contributed by atoms with Crippen molar-refractivity contribution in [2.45, 2.75) is 37.8 Å². The van der Waals surface area contributed by atoms with Crippen LogP contribution in [0.1, 0.15) is 31.2 Å². The average Bonchev–Trinajstić information content (AvgIpc) is 2.96. The molecule has 2 N–H and O–H groups in total. The first kappa shape index (κ1) is 14.8. The summed E-state index contributed by atoms with van der Waals surface area (Å²) in [6.45, 7) is 5.13. The van der Waals surface area contributed by atoms with E-state index in [9.17, 15) is 5.11 Å². The maximum absolute atomic E-state index is 10.3. The summed E-state index contributed by atoms with van der Waals surface area (Å²) in [5, 5.41) is 13.7. The first-order chi connectivity index (χ1) is 10.3. The van der Waals surface area contributed by atoms with Crippen LogP contribution < -0.4 is 10.2 Å². The Morgan fingerprint density at radius 3 is 2.43 bits per heavy atom. The Morgan fingerprint density at radius 2 is 1.76 bits per heavy atom. The molecule has 2 aliphatic rings. The third-order valence-electron chi connectivity index (χ3n) is 4.63. The van der Waals surface area contributed by atoms with Crippen molar-refractivity contribution in [3.05, 3.63) is 29.8 Å². The number of hydrogen-bond donors (Lipinski definition) is 2. The van der Waals surface area contributed by atoms with Crippen LogP contribution in [0.5, 0.6) is 0 Å². The summed E-state index contributed by atoms with van der Waals surface area (Å²) in [5.41, 5.74) is 2.08. The summed E-state index contributed by atoms with van der Waals surface area (Å²) < 4.78 is 5.38. The molecule has 1 saturated heterocycles. The number of aliphatic hydroxyl groups is 1. The van der Waals surface area contributed by atoms with Crippen molar-refractivity contribution in [3.8, 4) is 0 Å². The fraction of sp³-hybridized carbons (Fsp3) is 0.647. The van der Waals surface area contributed by atoms with Crippen LogP contribution in [0.15, 0.2) is 24.3 Å². The Kier molecular flexibility index (Phi) is 4.78. The molecule has 21 heavy (non-hydrogen) atoms. The van der Waals surface area contributed by atoms with Crippen LogP contribution in [0.25, 0.3) is 0 Å². The number of nitrogens with zero attached hydrogens (tertiary/aromatic N) is 1. The molecule has 4 heteroatoms. The Morgan fingerprint density at radius 1 is 1.10 bits per heavy atom. The van der Waals surface area contributed by atoms with Gasteiger partial charge < -0.3 is 20.1 Å². The van der Waals surface area contributed by atoms with E-state index in [4.69, 9.17) is 4.74 Å².